The molecule has 4 rings (SSSR count). The Hall–Kier alpha value is -3.55. The van der Waals surface area contributed by atoms with Crippen LogP contribution in [0.3, 0.4) is 0 Å². The van der Waals surface area contributed by atoms with Crippen molar-refractivity contribution >= 4 is 17.3 Å². The monoisotopic (exact) mass is 447 g/mol. The molecule has 0 fully saturated rings. The van der Waals surface area contributed by atoms with Crippen LogP contribution in [-0.4, -0.2) is 43.3 Å². The van der Waals surface area contributed by atoms with Crippen LogP contribution in [0.5, 0.6) is 11.5 Å². The Morgan fingerprint density at radius 2 is 1.58 bits per heavy atom. The first kappa shape index (κ1) is 22.6. The van der Waals surface area contributed by atoms with Gasteiger partial charge in [0.2, 0.25) is 0 Å². The molecule has 1 amide bonds. The Kier molecular flexibility index (Phi) is 7.12. The minimum absolute atomic E-state index is 0.189. The fourth-order valence-electron chi connectivity index (χ4n) is 4.07. The highest BCUT2D eigenvalue weighted by atomic mass is 16.5. The molecule has 172 valence electrons. The summed E-state index contributed by atoms with van der Waals surface area (Å²) >= 11 is 0. The van der Waals surface area contributed by atoms with Crippen LogP contribution >= 0.6 is 0 Å². The summed E-state index contributed by atoms with van der Waals surface area (Å²) in [6.45, 7) is 2.88. The van der Waals surface area contributed by atoms with Gasteiger partial charge >= 0.3 is 0 Å². The van der Waals surface area contributed by atoms with Crippen LogP contribution in [0.15, 0.2) is 60.7 Å². The summed E-state index contributed by atoms with van der Waals surface area (Å²) in [5, 5.41) is 11.8. The van der Waals surface area contributed by atoms with E-state index >= 15 is 0 Å². The number of nitrogens with zero attached hydrogens (tertiary/aromatic N) is 1. The number of carbonyl (C=O) groups excluding carboxylic acids is 1. The first-order chi connectivity index (χ1) is 16.1. The Morgan fingerprint density at radius 3 is 2.21 bits per heavy atom. The van der Waals surface area contributed by atoms with Crippen molar-refractivity contribution in [2.24, 2.45) is 0 Å². The summed E-state index contributed by atoms with van der Waals surface area (Å²) in [7, 11) is 3.34. The van der Waals surface area contributed by atoms with E-state index in [1.165, 1.54) is 16.7 Å². The Balaban J connectivity index is 1.31. The lowest BCUT2D eigenvalue weighted by Gasteiger charge is -2.29. The maximum Gasteiger partial charge on any atom is 0.255 e. The zero-order chi connectivity index (χ0) is 23.2. The van der Waals surface area contributed by atoms with Crippen LogP contribution in [0.25, 0.3) is 0 Å². The van der Waals surface area contributed by atoms with Crippen molar-refractivity contribution in [2.75, 3.05) is 38.1 Å². The van der Waals surface area contributed by atoms with Gasteiger partial charge in [0.05, 0.1) is 19.9 Å². The van der Waals surface area contributed by atoms with Gasteiger partial charge in [-0.15, -0.1) is 0 Å². The van der Waals surface area contributed by atoms with E-state index in [1.54, 1.807) is 38.5 Å². The molecule has 7 nitrogen and oxygen atoms in total. The second kappa shape index (κ2) is 10.4. The molecule has 3 N–H and O–H groups in total. The normalized spacial score (nSPS) is 13.2. The predicted molar refractivity (Wildman–Crippen MR) is 128 cm³/mol. The van der Waals surface area contributed by atoms with E-state index in [0.717, 1.165) is 49.7 Å². The quantitative estimate of drug-likeness (QED) is 0.445. The fraction of sp³-hybridized carbons (Fsp3) is 0.269. The largest absolute Gasteiger partial charge is 0.493 e. The Morgan fingerprint density at radius 1 is 0.939 bits per heavy atom. The zero-order valence-corrected chi connectivity index (χ0v) is 18.9. The average Bonchev–Trinajstić information content (AvgIpc) is 2.87. The highest BCUT2D eigenvalue weighted by molar-refractivity contribution is 6.04. The number of fused-ring (bicyclic) bond motifs is 1. The molecule has 7 heteroatoms. The zero-order valence-electron chi connectivity index (χ0n) is 18.9. The van der Waals surface area contributed by atoms with Gasteiger partial charge in [-0.1, -0.05) is 12.1 Å². The highest BCUT2D eigenvalue weighted by Gasteiger charge is 2.19. The third-order valence-electron chi connectivity index (χ3n) is 6.00. The lowest BCUT2D eigenvalue weighted by atomic mass is 9.98. The molecule has 33 heavy (non-hydrogen) atoms. The number of anilines is 2. The molecule has 0 saturated heterocycles. The third-order valence-corrected chi connectivity index (χ3v) is 6.00. The second-order valence-corrected chi connectivity index (χ2v) is 8.09. The molecule has 3 aromatic rings. The SMILES string of the molecule is COc1cc2c(cc1OC)CN(CCc1ccc(NC(=O)c3ccc(NO)cc3)cc1)CC2. The summed E-state index contributed by atoms with van der Waals surface area (Å²) in [4.78, 5) is 14.9. The number of carbonyl (C=O) groups is 1. The number of nitrogens with one attached hydrogen (secondary N) is 2. The summed E-state index contributed by atoms with van der Waals surface area (Å²) in [6.07, 6.45) is 1.93. The fourth-order valence-corrected chi connectivity index (χ4v) is 4.07. The lowest BCUT2D eigenvalue weighted by Crippen LogP contribution is -2.32. The van der Waals surface area contributed by atoms with Gasteiger partial charge in [-0.25, -0.2) is 0 Å². The molecule has 0 aromatic heterocycles. The van der Waals surface area contributed by atoms with Crippen LogP contribution in [0, 0.1) is 0 Å². The van der Waals surface area contributed by atoms with E-state index < -0.39 is 0 Å². The van der Waals surface area contributed by atoms with Crippen molar-refractivity contribution in [3.05, 3.63) is 82.9 Å². The molecule has 0 bridgehead atoms. The van der Waals surface area contributed by atoms with Crippen LogP contribution < -0.4 is 20.3 Å². The predicted octanol–water partition coefficient (Wildman–Crippen LogP) is 4.36. The molecule has 0 spiro atoms. The van der Waals surface area contributed by atoms with E-state index in [0.29, 0.717) is 11.3 Å². The summed E-state index contributed by atoms with van der Waals surface area (Å²) in [6, 6.07) is 18.8. The van der Waals surface area contributed by atoms with E-state index in [1.807, 2.05) is 12.1 Å². The van der Waals surface area contributed by atoms with Crippen LogP contribution in [0.1, 0.15) is 27.0 Å². The maximum atomic E-state index is 12.4. The number of benzene rings is 3. The number of methoxy groups -OCH3 is 2. The summed E-state index contributed by atoms with van der Waals surface area (Å²) < 4.78 is 10.9. The molecule has 0 atom stereocenters. The van der Waals surface area contributed by atoms with E-state index in [2.05, 4.69) is 40.0 Å². The molecule has 0 radical (unpaired) electrons. The van der Waals surface area contributed by atoms with Gasteiger partial charge in [0.1, 0.15) is 0 Å². The van der Waals surface area contributed by atoms with E-state index in [-0.39, 0.29) is 5.91 Å². The van der Waals surface area contributed by atoms with Gasteiger partial charge in [0.25, 0.3) is 5.91 Å². The Labute approximate surface area is 193 Å². The topological polar surface area (TPSA) is 83.1 Å². The summed E-state index contributed by atoms with van der Waals surface area (Å²) in [5.74, 6) is 1.37. The van der Waals surface area contributed by atoms with Gasteiger partial charge in [-0.05, 0) is 78.1 Å². The van der Waals surface area contributed by atoms with Crippen LogP contribution in [-0.2, 0) is 19.4 Å². The molecule has 0 unspecified atom stereocenters. The number of amides is 1. The van der Waals surface area contributed by atoms with Gasteiger partial charge < -0.3 is 14.8 Å². The minimum atomic E-state index is -0.189. The third kappa shape index (κ3) is 5.45. The van der Waals surface area contributed by atoms with Crippen molar-refractivity contribution in [3.8, 4) is 11.5 Å². The number of ether oxygens (including phenoxy) is 2. The minimum Gasteiger partial charge on any atom is -0.493 e. The van der Waals surface area contributed by atoms with Gasteiger partial charge in [0, 0.05) is 30.9 Å². The van der Waals surface area contributed by atoms with E-state index in [4.69, 9.17) is 14.7 Å². The lowest BCUT2D eigenvalue weighted by molar-refractivity contribution is 0.102. The van der Waals surface area contributed by atoms with Gasteiger partial charge in [-0.2, -0.15) is 0 Å². The molecule has 1 heterocycles. The average molecular weight is 448 g/mol. The molecular weight excluding hydrogens is 418 g/mol. The second-order valence-electron chi connectivity index (χ2n) is 8.09. The first-order valence-corrected chi connectivity index (χ1v) is 11.0. The maximum absolute atomic E-state index is 12.4. The number of hydrogen-bond donors (Lipinski definition) is 3. The number of hydrogen-bond acceptors (Lipinski definition) is 6. The first-order valence-electron chi connectivity index (χ1n) is 11.0. The van der Waals surface area contributed by atoms with Crippen molar-refractivity contribution in [3.63, 3.8) is 0 Å². The molecule has 1 aliphatic heterocycles. The Bertz CT molecular complexity index is 1100. The molecule has 0 aliphatic carbocycles. The van der Waals surface area contributed by atoms with Crippen molar-refractivity contribution in [2.45, 2.75) is 19.4 Å². The van der Waals surface area contributed by atoms with Gasteiger partial charge in [0.15, 0.2) is 11.5 Å². The van der Waals surface area contributed by atoms with Gasteiger partial charge in [-0.3, -0.25) is 20.4 Å². The number of rotatable bonds is 8. The molecule has 3 aromatic carbocycles. The highest BCUT2D eigenvalue weighted by Crippen LogP contribution is 2.33. The molecule has 0 saturated carbocycles. The van der Waals surface area contributed by atoms with Crippen LogP contribution in [0.4, 0.5) is 11.4 Å². The summed E-state index contributed by atoms with van der Waals surface area (Å²) in [5.41, 5.74) is 7.71. The van der Waals surface area contributed by atoms with Crippen molar-refractivity contribution in [1.82, 2.24) is 4.90 Å². The molecular formula is C26H29N3O4. The van der Waals surface area contributed by atoms with Crippen molar-refractivity contribution < 1.29 is 19.5 Å². The standard InChI is InChI=1S/C26H29N3O4/c1-32-24-15-20-12-14-29(17-21(20)16-25(24)33-2)13-11-18-3-7-22(8-4-18)27-26(30)19-5-9-23(28-31)10-6-19/h3-10,15-16,28,31H,11-14,17H2,1-2H3,(H,27,30). The van der Waals surface area contributed by atoms with E-state index in [9.17, 15) is 4.79 Å². The molecule has 1 aliphatic rings. The van der Waals surface area contributed by atoms with Crippen LogP contribution in [0.2, 0.25) is 0 Å². The smallest absolute Gasteiger partial charge is 0.255 e. The van der Waals surface area contributed by atoms with Crippen molar-refractivity contribution in [1.29, 1.82) is 0 Å².